The molecule has 1 aromatic carbocycles. The summed E-state index contributed by atoms with van der Waals surface area (Å²) in [6.45, 7) is 1.84. The summed E-state index contributed by atoms with van der Waals surface area (Å²) in [6.07, 6.45) is 0. The van der Waals surface area contributed by atoms with Crippen LogP contribution in [0.25, 0.3) is 0 Å². The first-order valence-electron chi connectivity index (χ1n) is 6.01. The van der Waals surface area contributed by atoms with Gasteiger partial charge in [-0.1, -0.05) is 6.07 Å². The predicted molar refractivity (Wildman–Crippen MR) is 81.8 cm³/mol. The number of carbonyl (C=O) groups is 2. The number of thiophene rings is 1. The van der Waals surface area contributed by atoms with E-state index in [1.165, 1.54) is 16.2 Å². The molecule has 20 heavy (non-hydrogen) atoms. The number of fused-ring (bicyclic) bond motifs is 1. The number of rotatable bonds is 2. The molecule has 3 rings (SSSR count). The molecule has 2 aromatic rings. The van der Waals surface area contributed by atoms with Crippen LogP contribution in [-0.4, -0.2) is 16.7 Å². The molecule has 4 nitrogen and oxygen atoms in total. The van der Waals surface area contributed by atoms with Gasteiger partial charge in [0.1, 0.15) is 0 Å². The molecule has 102 valence electrons. The Bertz CT molecular complexity index is 726. The van der Waals surface area contributed by atoms with E-state index in [0.29, 0.717) is 16.8 Å². The molecule has 0 bridgehead atoms. The highest BCUT2D eigenvalue weighted by Gasteiger charge is 2.40. The Morgan fingerprint density at radius 2 is 2.05 bits per heavy atom. The SMILES string of the molecule is CC(c1cc(Br)cs1)N1C(=O)c2cccc(N)c2C1=O. The van der Waals surface area contributed by atoms with Crippen LogP contribution in [-0.2, 0) is 0 Å². The number of anilines is 1. The van der Waals surface area contributed by atoms with Gasteiger partial charge in [-0.15, -0.1) is 11.3 Å². The Morgan fingerprint density at radius 3 is 2.65 bits per heavy atom. The molecule has 2 amide bonds. The molecule has 0 radical (unpaired) electrons. The van der Waals surface area contributed by atoms with Crippen LogP contribution in [0.3, 0.4) is 0 Å². The van der Waals surface area contributed by atoms with E-state index in [1.54, 1.807) is 18.2 Å². The van der Waals surface area contributed by atoms with E-state index in [2.05, 4.69) is 15.9 Å². The van der Waals surface area contributed by atoms with Crippen molar-refractivity contribution < 1.29 is 9.59 Å². The third-order valence-corrected chi connectivity index (χ3v) is 5.23. The zero-order valence-corrected chi connectivity index (χ0v) is 13.0. The molecule has 1 unspecified atom stereocenters. The second-order valence-corrected chi connectivity index (χ2v) is 6.45. The summed E-state index contributed by atoms with van der Waals surface area (Å²) in [4.78, 5) is 27.1. The molecule has 1 aromatic heterocycles. The van der Waals surface area contributed by atoms with Gasteiger partial charge >= 0.3 is 0 Å². The van der Waals surface area contributed by atoms with Crippen molar-refractivity contribution in [2.45, 2.75) is 13.0 Å². The first-order chi connectivity index (χ1) is 9.50. The van der Waals surface area contributed by atoms with Crippen molar-refractivity contribution in [2.24, 2.45) is 0 Å². The average Bonchev–Trinajstić information content (AvgIpc) is 2.94. The fourth-order valence-electron chi connectivity index (χ4n) is 2.36. The maximum Gasteiger partial charge on any atom is 0.264 e. The standard InChI is InChI=1S/C14H11BrN2O2S/c1-7(11-5-8(15)6-20-11)17-13(18)9-3-2-4-10(16)12(9)14(17)19/h2-7H,16H2,1H3. The van der Waals surface area contributed by atoms with Gasteiger partial charge in [0.05, 0.1) is 17.2 Å². The van der Waals surface area contributed by atoms with Gasteiger partial charge < -0.3 is 5.73 Å². The number of halogens is 1. The number of hydrogen-bond acceptors (Lipinski definition) is 4. The maximum absolute atomic E-state index is 12.5. The lowest BCUT2D eigenvalue weighted by atomic mass is 10.1. The van der Waals surface area contributed by atoms with Crippen LogP contribution in [0.15, 0.2) is 34.1 Å². The van der Waals surface area contributed by atoms with Crippen molar-refractivity contribution >= 4 is 44.8 Å². The molecular formula is C14H11BrN2O2S. The van der Waals surface area contributed by atoms with Crippen LogP contribution in [0, 0.1) is 0 Å². The summed E-state index contributed by atoms with van der Waals surface area (Å²) < 4.78 is 0.945. The first kappa shape index (κ1) is 13.3. The molecule has 1 aliphatic rings. The number of amides is 2. The maximum atomic E-state index is 12.5. The molecule has 0 saturated carbocycles. The Kier molecular flexibility index (Phi) is 3.14. The highest BCUT2D eigenvalue weighted by atomic mass is 79.9. The topological polar surface area (TPSA) is 63.4 Å². The van der Waals surface area contributed by atoms with Crippen molar-refractivity contribution in [1.82, 2.24) is 4.90 Å². The van der Waals surface area contributed by atoms with Crippen LogP contribution >= 0.6 is 27.3 Å². The van der Waals surface area contributed by atoms with Crippen molar-refractivity contribution in [1.29, 1.82) is 0 Å². The monoisotopic (exact) mass is 350 g/mol. The number of imide groups is 1. The lowest BCUT2D eigenvalue weighted by Crippen LogP contribution is -2.32. The predicted octanol–water partition coefficient (Wildman–Crippen LogP) is 3.45. The third-order valence-electron chi connectivity index (χ3n) is 3.37. The molecule has 2 N–H and O–H groups in total. The minimum atomic E-state index is -0.319. The number of carbonyl (C=O) groups excluding carboxylic acids is 2. The Morgan fingerprint density at radius 1 is 1.30 bits per heavy atom. The molecule has 1 atom stereocenters. The number of nitrogen functional groups attached to an aromatic ring is 1. The quantitative estimate of drug-likeness (QED) is 0.666. The zero-order valence-electron chi connectivity index (χ0n) is 10.6. The number of nitrogens with zero attached hydrogens (tertiary/aromatic N) is 1. The first-order valence-corrected chi connectivity index (χ1v) is 7.68. The van der Waals surface area contributed by atoms with Crippen LogP contribution in [0.2, 0.25) is 0 Å². The van der Waals surface area contributed by atoms with Crippen LogP contribution in [0.4, 0.5) is 5.69 Å². The zero-order chi connectivity index (χ0) is 14.4. The molecule has 6 heteroatoms. The van der Waals surface area contributed by atoms with E-state index >= 15 is 0 Å². The van der Waals surface area contributed by atoms with E-state index in [4.69, 9.17) is 5.73 Å². The fraction of sp³-hybridized carbons (Fsp3) is 0.143. The van der Waals surface area contributed by atoms with Gasteiger partial charge in [-0.05, 0) is 41.1 Å². The van der Waals surface area contributed by atoms with Gasteiger partial charge in [0.2, 0.25) is 0 Å². The van der Waals surface area contributed by atoms with Crippen LogP contribution in [0.5, 0.6) is 0 Å². The van der Waals surface area contributed by atoms with E-state index < -0.39 is 0 Å². The number of hydrogen-bond donors (Lipinski definition) is 1. The molecule has 0 saturated heterocycles. The minimum absolute atomic E-state index is 0.283. The Labute approximate surface area is 128 Å². The Balaban J connectivity index is 2.04. The number of benzene rings is 1. The van der Waals surface area contributed by atoms with Gasteiger partial charge in [-0.25, -0.2) is 0 Å². The second-order valence-electron chi connectivity index (χ2n) is 4.59. The van der Waals surface area contributed by atoms with Crippen LogP contribution in [0.1, 0.15) is 38.6 Å². The Hall–Kier alpha value is -1.66. The van der Waals surface area contributed by atoms with Gasteiger partial charge in [0.15, 0.2) is 0 Å². The van der Waals surface area contributed by atoms with Crippen molar-refractivity contribution in [3.8, 4) is 0 Å². The summed E-state index contributed by atoms with van der Waals surface area (Å²) in [5, 5.41) is 1.93. The fourth-order valence-corrected chi connectivity index (χ4v) is 3.85. The summed E-state index contributed by atoms with van der Waals surface area (Å²) in [6, 6.07) is 6.58. The molecule has 1 aliphatic heterocycles. The summed E-state index contributed by atoms with van der Waals surface area (Å²) in [5.74, 6) is -0.602. The van der Waals surface area contributed by atoms with E-state index in [0.717, 1.165) is 9.35 Å². The summed E-state index contributed by atoms with van der Waals surface area (Å²) >= 11 is 4.89. The van der Waals surface area contributed by atoms with Crippen molar-refractivity contribution in [3.63, 3.8) is 0 Å². The summed E-state index contributed by atoms with van der Waals surface area (Å²) in [5.41, 5.74) is 6.88. The average molecular weight is 351 g/mol. The lowest BCUT2D eigenvalue weighted by Gasteiger charge is -2.21. The largest absolute Gasteiger partial charge is 0.398 e. The normalized spacial score (nSPS) is 15.6. The van der Waals surface area contributed by atoms with Gasteiger partial charge in [-0.2, -0.15) is 0 Å². The van der Waals surface area contributed by atoms with Crippen molar-refractivity contribution in [2.75, 3.05) is 5.73 Å². The second kappa shape index (κ2) is 4.71. The van der Waals surface area contributed by atoms with Crippen LogP contribution < -0.4 is 5.73 Å². The van der Waals surface area contributed by atoms with Gasteiger partial charge in [-0.3, -0.25) is 14.5 Å². The molecule has 0 aliphatic carbocycles. The molecule has 2 heterocycles. The molecule has 0 spiro atoms. The number of nitrogens with two attached hydrogens (primary N) is 1. The minimum Gasteiger partial charge on any atom is -0.398 e. The van der Waals surface area contributed by atoms with E-state index in [1.807, 2.05) is 18.4 Å². The molecule has 0 fully saturated rings. The highest BCUT2D eigenvalue weighted by molar-refractivity contribution is 9.10. The smallest absolute Gasteiger partial charge is 0.264 e. The van der Waals surface area contributed by atoms with E-state index in [9.17, 15) is 9.59 Å². The highest BCUT2D eigenvalue weighted by Crippen LogP contribution is 2.36. The molecular weight excluding hydrogens is 340 g/mol. The lowest BCUT2D eigenvalue weighted by molar-refractivity contribution is 0.0598. The summed E-state index contributed by atoms with van der Waals surface area (Å²) in [7, 11) is 0. The van der Waals surface area contributed by atoms with Gasteiger partial charge in [0.25, 0.3) is 11.8 Å². The van der Waals surface area contributed by atoms with Crippen molar-refractivity contribution in [3.05, 3.63) is 50.1 Å². The third kappa shape index (κ3) is 1.87. The van der Waals surface area contributed by atoms with E-state index in [-0.39, 0.29) is 17.9 Å². The van der Waals surface area contributed by atoms with Gasteiger partial charge in [0, 0.05) is 20.4 Å².